The van der Waals surface area contributed by atoms with Crippen LogP contribution in [-0.4, -0.2) is 60.7 Å². The normalized spacial score (nSPS) is 24.6. The molecule has 2 atom stereocenters. The van der Waals surface area contributed by atoms with Gasteiger partial charge < -0.3 is 10.2 Å². The van der Waals surface area contributed by atoms with Gasteiger partial charge in [0, 0.05) is 26.1 Å². The lowest BCUT2D eigenvalue weighted by Gasteiger charge is -2.27. The number of likely N-dealkylation sites (N-methyl/N-ethyl adjacent to an activating group) is 1. The molecule has 2 saturated heterocycles. The Bertz CT molecular complexity index is 881. The molecule has 3 aliphatic rings. The van der Waals surface area contributed by atoms with E-state index in [4.69, 9.17) is 0 Å². The van der Waals surface area contributed by atoms with Crippen molar-refractivity contribution in [1.29, 1.82) is 0 Å². The van der Waals surface area contributed by atoms with E-state index in [1.54, 1.807) is 11.9 Å². The zero-order chi connectivity index (χ0) is 20.0. The second-order valence-corrected chi connectivity index (χ2v) is 7.47. The average Bonchev–Trinajstić information content (AvgIpc) is 3.23. The Morgan fingerprint density at radius 1 is 1.14 bits per heavy atom. The standard InChI is InChI=1S/C19H21FN4O4/c1-23(9-10-3-2-6-21-10)15-8-12-11(7-13(15)20)18(27)24(19(12)28)14-4-5-16(25)22-17(14)26/h7-8,10,14,21H,2-6,9H2,1H3,(H,22,25,26)/t10-,14?/m1/s1. The van der Waals surface area contributed by atoms with Gasteiger partial charge in [-0.15, -0.1) is 0 Å². The van der Waals surface area contributed by atoms with E-state index in [0.717, 1.165) is 30.4 Å². The Balaban J connectivity index is 1.61. The molecule has 9 heteroatoms. The van der Waals surface area contributed by atoms with E-state index in [0.29, 0.717) is 6.54 Å². The number of anilines is 1. The third-order valence-electron chi connectivity index (χ3n) is 5.58. The highest BCUT2D eigenvalue weighted by molar-refractivity contribution is 6.23. The molecule has 3 aliphatic heterocycles. The molecule has 4 rings (SSSR count). The van der Waals surface area contributed by atoms with Gasteiger partial charge in [0.25, 0.3) is 11.8 Å². The Labute approximate surface area is 161 Å². The fourth-order valence-corrected chi connectivity index (χ4v) is 4.11. The summed E-state index contributed by atoms with van der Waals surface area (Å²) in [6.45, 7) is 1.51. The van der Waals surface area contributed by atoms with Crippen LogP contribution in [0, 0.1) is 5.82 Å². The minimum absolute atomic E-state index is 0.0422. The van der Waals surface area contributed by atoms with Crippen LogP contribution >= 0.6 is 0 Å². The number of carbonyl (C=O) groups excluding carboxylic acids is 4. The minimum Gasteiger partial charge on any atom is -0.371 e. The molecule has 0 aliphatic carbocycles. The maximum Gasteiger partial charge on any atom is 0.262 e. The molecular formula is C19H21FN4O4. The quantitative estimate of drug-likeness (QED) is 0.726. The van der Waals surface area contributed by atoms with Crippen LogP contribution in [-0.2, 0) is 9.59 Å². The van der Waals surface area contributed by atoms with Crippen LogP contribution in [0.25, 0.3) is 0 Å². The highest BCUT2D eigenvalue weighted by Gasteiger charge is 2.45. The molecule has 0 spiro atoms. The minimum atomic E-state index is -1.06. The number of carbonyl (C=O) groups is 4. The third-order valence-corrected chi connectivity index (χ3v) is 5.58. The Hall–Kier alpha value is -2.81. The highest BCUT2D eigenvalue weighted by atomic mass is 19.1. The summed E-state index contributed by atoms with van der Waals surface area (Å²) in [7, 11) is 1.74. The van der Waals surface area contributed by atoms with Crippen molar-refractivity contribution in [3.05, 3.63) is 29.1 Å². The lowest BCUT2D eigenvalue weighted by atomic mass is 10.0. The fourth-order valence-electron chi connectivity index (χ4n) is 4.11. The second-order valence-electron chi connectivity index (χ2n) is 7.47. The highest BCUT2D eigenvalue weighted by Crippen LogP contribution is 2.32. The first-order chi connectivity index (χ1) is 13.4. The predicted octanol–water partition coefficient (Wildman–Crippen LogP) is 0.415. The molecule has 148 valence electrons. The van der Waals surface area contributed by atoms with Crippen LogP contribution in [0.4, 0.5) is 10.1 Å². The van der Waals surface area contributed by atoms with E-state index < -0.39 is 35.5 Å². The zero-order valence-corrected chi connectivity index (χ0v) is 15.5. The van der Waals surface area contributed by atoms with Crippen LogP contribution in [0.3, 0.4) is 0 Å². The van der Waals surface area contributed by atoms with E-state index in [9.17, 15) is 23.6 Å². The maximum atomic E-state index is 14.7. The van der Waals surface area contributed by atoms with Crippen molar-refractivity contribution >= 4 is 29.3 Å². The van der Waals surface area contributed by atoms with Crippen LogP contribution in [0.15, 0.2) is 12.1 Å². The summed E-state index contributed by atoms with van der Waals surface area (Å²) >= 11 is 0. The largest absolute Gasteiger partial charge is 0.371 e. The van der Waals surface area contributed by atoms with E-state index >= 15 is 0 Å². The summed E-state index contributed by atoms with van der Waals surface area (Å²) in [5, 5.41) is 5.48. The number of nitrogens with zero attached hydrogens (tertiary/aromatic N) is 2. The number of imide groups is 2. The molecule has 2 N–H and O–H groups in total. The number of piperidine rings is 1. The van der Waals surface area contributed by atoms with E-state index in [1.165, 1.54) is 6.07 Å². The first-order valence-corrected chi connectivity index (χ1v) is 9.36. The second kappa shape index (κ2) is 6.97. The smallest absolute Gasteiger partial charge is 0.262 e. The SMILES string of the molecule is CN(C[C@H]1CCCN1)c1cc2c(cc1F)C(=O)N(C1CCC(=O)NC1=O)C2=O. The summed E-state index contributed by atoms with van der Waals surface area (Å²) in [4.78, 5) is 51.6. The number of hydrogen-bond donors (Lipinski definition) is 2. The lowest BCUT2D eigenvalue weighted by Crippen LogP contribution is -2.54. The summed E-state index contributed by atoms with van der Waals surface area (Å²) in [6.07, 6.45) is 2.18. The van der Waals surface area contributed by atoms with Crippen molar-refractivity contribution in [2.45, 2.75) is 37.8 Å². The van der Waals surface area contributed by atoms with Gasteiger partial charge >= 0.3 is 0 Å². The van der Waals surface area contributed by atoms with Gasteiger partial charge in [-0.25, -0.2) is 4.39 Å². The van der Waals surface area contributed by atoms with Crippen molar-refractivity contribution < 1.29 is 23.6 Å². The summed E-state index contributed by atoms with van der Waals surface area (Å²) in [6, 6.07) is 1.63. The van der Waals surface area contributed by atoms with Crippen LogP contribution in [0.1, 0.15) is 46.4 Å². The van der Waals surface area contributed by atoms with Crippen LogP contribution in [0.5, 0.6) is 0 Å². The zero-order valence-electron chi connectivity index (χ0n) is 15.5. The lowest BCUT2D eigenvalue weighted by molar-refractivity contribution is -0.136. The molecular weight excluding hydrogens is 367 g/mol. The molecule has 1 aromatic rings. The van der Waals surface area contributed by atoms with Gasteiger partial charge in [-0.3, -0.25) is 29.4 Å². The first kappa shape index (κ1) is 18.5. The van der Waals surface area contributed by atoms with Gasteiger partial charge in [0.05, 0.1) is 16.8 Å². The number of rotatable bonds is 4. The number of benzene rings is 1. The van der Waals surface area contributed by atoms with Crippen molar-refractivity contribution in [1.82, 2.24) is 15.5 Å². The number of hydrogen-bond acceptors (Lipinski definition) is 6. The van der Waals surface area contributed by atoms with E-state index in [2.05, 4.69) is 10.6 Å². The van der Waals surface area contributed by atoms with Crippen LogP contribution < -0.4 is 15.5 Å². The number of nitrogens with one attached hydrogen (secondary N) is 2. The predicted molar refractivity (Wildman–Crippen MR) is 97.4 cm³/mol. The summed E-state index contributed by atoms with van der Waals surface area (Å²) in [5.41, 5.74) is 0.263. The van der Waals surface area contributed by atoms with Crippen molar-refractivity contribution in [3.63, 3.8) is 0 Å². The van der Waals surface area contributed by atoms with Crippen molar-refractivity contribution in [2.24, 2.45) is 0 Å². The third kappa shape index (κ3) is 3.05. The van der Waals surface area contributed by atoms with E-state index in [-0.39, 0.29) is 35.7 Å². The molecule has 0 saturated carbocycles. The Kier molecular flexibility index (Phi) is 4.62. The van der Waals surface area contributed by atoms with Gasteiger partial charge in [0.1, 0.15) is 11.9 Å². The number of fused-ring (bicyclic) bond motifs is 1. The van der Waals surface area contributed by atoms with Crippen molar-refractivity contribution in [2.75, 3.05) is 25.0 Å². The van der Waals surface area contributed by atoms with Crippen molar-refractivity contribution in [3.8, 4) is 0 Å². The maximum absolute atomic E-state index is 14.7. The molecule has 0 aromatic heterocycles. The fraction of sp³-hybridized carbons (Fsp3) is 0.474. The molecule has 28 heavy (non-hydrogen) atoms. The van der Waals surface area contributed by atoms with E-state index in [1.807, 2.05) is 0 Å². The molecule has 0 radical (unpaired) electrons. The summed E-state index contributed by atoms with van der Waals surface area (Å²) < 4.78 is 14.7. The average molecular weight is 388 g/mol. The molecule has 8 nitrogen and oxygen atoms in total. The molecule has 1 aromatic carbocycles. The Morgan fingerprint density at radius 3 is 2.50 bits per heavy atom. The van der Waals surface area contributed by atoms with Gasteiger partial charge in [-0.2, -0.15) is 0 Å². The van der Waals surface area contributed by atoms with Gasteiger partial charge in [-0.1, -0.05) is 0 Å². The summed E-state index contributed by atoms with van der Waals surface area (Å²) in [5.74, 6) is -3.06. The Morgan fingerprint density at radius 2 is 1.86 bits per heavy atom. The molecule has 0 bridgehead atoms. The van der Waals surface area contributed by atoms with Gasteiger partial charge in [-0.05, 0) is 37.9 Å². The molecule has 4 amide bonds. The first-order valence-electron chi connectivity index (χ1n) is 9.36. The molecule has 2 fully saturated rings. The molecule has 1 unspecified atom stereocenters. The molecule has 3 heterocycles. The monoisotopic (exact) mass is 388 g/mol. The number of amides is 4. The van der Waals surface area contributed by atoms with Gasteiger partial charge in [0.2, 0.25) is 11.8 Å². The van der Waals surface area contributed by atoms with Gasteiger partial charge in [0.15, 0.2) is 0 Å². The van der Waals surface area contributed by atoms with Crippen LogP contribution in [0.2, 0.25) is 0 Å². The topological polar surface area (TPSA) is 98.8 Å². The number of halogens is 1.